The van der Waals surface area contributed by atoms with E-state index < -0.39 is 0 Å². The van der Waals surface area contributed by atoms with Crippen LogP contribution in [0.25, 0.3) is 6.08 Å². The maximum atomic E-state index is 2.43. The van der Waals surface area contributed by atoms with Crippen molar-refractivity contribution in [2.45, 2.75) is 6.42 Å². The SMILES string of the molecule is C[N+]1(C)CC2=Cc3ccccc3CC2C1.[Br-]. The smallest absolute Gasteiger partial charge is 0.101 e. The summed E-state index contributed by atoms with van der Waals surface area (Å²) in [5.41, 5.74) is 4.65. The van der Waals surface area contributed by atoms with E-state index in [-0.39, 0.29) is 17.0 Å². The van der Waals surface area contributed by atoms with Gasteiger partial charge >= 0.3 is 0 Å². The van der Waals surface area contributed by atoms with E-state index in [2.05, 4.69) is 44.4 Å². The molecule has 1 aromatic carbocycles. The number of likely N-dealkylation sites (tertiary alicyclic amines) is 1. The van der Waals surface area contributed by atoms with E-state index in [1.807, 2.05) is 0 Å². The number of hydrogen-bond donors (Lipinski definition) is 0. The molecule has 2 aliphatic rings. The van der Waals surface area contributed by atoms with Crippen LogP contribution in [0.1, 0.15) is 11.1 Å². The minimum absolute atomic E-state index is 0. The Morgan fingerprint density at radius 1 is 1.19 bits per heavy atom. The van der Waals surface area contributed by atoms with Gasteiger partial charge < -0.3 is 21.5 Å². The minimum atomic E-state index is 0. The molecule has 0 radical (unpaired) electrons. The first-order valence-electron chi connectivity index (χ1n) is 5.74. The first-order chi connectivity index (χ1) is 7.14. The molecule has 86 valence electrons. The van der Waals surface area contributed by atoms with Crippen LogP contribution in [0.2, 0.25) is 0 Å². The van der Waals surface area contributed by atoms with Crippen LogP contribution < -0.4 is 17.0 Å². The van der Waals surface area contributed by atoms with Crippen LogP contribution in [0.3, 0.4) is 0 Å². The Balaban J connectivity index is 0.000000963. The second kappa shape index (κ2) is 4.01. The molecule has 3 rings (SSSR count). The predicted octanol–water partition coefficient (Wildman–Crippen LogP) is -0.664. The highest BCUT2D eigenvalue weighted by Crippen LogP contribution is 2.35. The Bertz CT molecular complexity index is 434. The normalized spacial score (nSPS) is 25.1. The Labute approximate surface area is 108 Å². The van der Waals surface area contributed by atoms with Crippen LogP contribution in [-0.2, 0) is 6.42 Å². The topological polar surface area (TPSA) is 0 Å². The van der Waals surface area contributed by atoms with Crippen molar-refractivity contribution < 1.29 is 21.5 Å². The molecule has 1 saturated heterocycles. The monoisotopic (exact) mass is 279 g/mol. The molecule has 1 aliphatic heterocycles. The molecule has 1 fully saturated rings. The Morgan fingerprint density at radius 3 is 2.75 bits per heavy atom. The quantitative estimate of drug-likeness (QED) is 0.553. The summed E-state index contributed by atoms with van der Waals surface area (Å²) in [6, 6.07) is 8.83. The summed E-state index contributed by atoms with van der Waals surface area (Å²) in [5, 5.41) is 0. The highest BCUT2D eigenvalue weighted by atomic mass is 79.9. The lowest BCUT2D eigenvalue weighted by Gasteiger charge is -2.22. The van der Waals surface area contributed by atoms with Crippen molar-refractivity contribution >= 4 is 6.08 Å². The number of hydrogen-bond acceptors (Lipinski definition) is 0. The van der Waals surface area contributed by atoms with Crippen LogP contribution in [0, 0.1) is 5.92 Å². The van der Waals surface area contributed by atoms with E-state index in [1.165, 1.54) is 30.6 Å². The van der Waals surface area contributed by atoms with Crippen LogP contribution >= 0.6 is 0 Å². The van der Waals surface area contributed by atoms with Crippen LogP contribution in [-0.4, -0.2) is 31.7 Å². The number of halogens is 1. The average Bonchev–Trinajstić information content (AvgIpc) is 2.46. The van der Waals surface area contributed by atoms with E-state index in [0.717, 1.165) is 10.4 Å². The van der Waals surface area contributed by atoms with Gasteiger partial charge in [-0.2, -0.15) is 0 Å². The van der Waals surface area contributed by atoms with Crippen LogP contribution in [0.15, 0.2) is 29.8 Å². The van der Waals surface area contributed by atoms with Crippen molar-refractivity contribution in [1.82, 2.24) is 0 Å². The predicted molar refractivity (Wildman–Crippen MR) is 63.5 cm³/mol. The van der Waals surface area contributed by atoms with Gasteiger partial charge in [-0.3, -0.25) is 0 Å². The highest BCUT2D eigenvalue weighted by molar-refractivity contribution is 5.60. The molecule has 1 atom stereocenters. The molecule has 1 heterocycles. The number of nitrogens with zero attached hydrogens (tertiary/aromatic N) is 1. The van der Waals surface area contributed by atoms with Crippen molar-refractivity contribution in [3.8, 4) is 0 Å². The average molecular weight is 280 g/mol. The molecule has 1 aliphatic carbocycles. The van der Waals surface area contributed by atoms with Crippen molar-refractivity contribution in [3.05, 3.63) is 41.0 Å². The van der Waals surface area contributed by atoms with Gasteiger partial charge in [0.05, 0.1) is 20.6 Å². The summed E-state index contributed by atoms with van der Waals surface area (Å²) in [6.45, 7) is 2.54. The Morgan fingerprint density at radius 2 is 1.94 bits per heavy atom. The van der Waals surface area contributed by atoms with Gasteiger partial charge in [-0.15, -0.1) is 0 Å². The van der Waals surface area contributed by atoms with E-state index >= 15 is 0 Å². The zero-order valence-electron chi connectivity index (χ0n) is 9.91. The molecular formula is C14H18BrN. The van der Waals surface area contributed by atoms with Gasteiger partial charge in [0.1, 0.15) is 6.54 Å². The van der Waals surface area contributed by atoms with Gasteiger partial charge in [-0.1, -0.05) is 24.3 Å². The fourth-order valence-electron chi connectivity index (χ4n) is 3.09. The van der Waals surface area contributed by atoms with E-state index in [1.54, 1.807) is 5.57 Å². The molecule has 0 amide bonds. The van der Waals surface area contributed by atoms with Crippen molar-refractivity contribution in [2.24, 2.45) is 5.92 Å². The third-order valence-electron chi connectivity index (χ3n) is 3.71. The van der Waals surface area contributed by atoms with Gasteiger partial charge in [-0.05, 0) is 29.2 Å². The zero-order chi connectivity index (χ0) is 10.5. The summed E-state index contributed by atoms with van der Waals surface area (Å²) >= 11 is 0. The van der Waals surface area contributed by atoms with Crippen molar-refractivity contribution in [1.29, 1.82) is 0 Å². The lowest BCUT2D eigenvalue weighted by atomic mass is 9.85. The zero-order valence-corrected chi connectivity index (χ0v) is 11.5. The molecule has 0 bridgehead atoms. The number of fused-ring (bicyclic) bond motifs is 2. The molecule has 0 saturated carbocycles. The Kier molecular flexibility index (Phi) is 2.97. The fourth-order valence-corrected chi connectivity index (χ4v) is 3.09. The summed E-state index contributed by atoms with van der Waals surface area (Å²) in [4.78, 5) is 0. The second-order valence-corrected chi connectivity index (χ2v) is 5.60. The lowest BCUT2D eigenvalue weighted by Crippen LogP contribution is -3.00. The summed E-state index contributed by atoms with van der Waals surface area (Å²) in [6.07, 6.45) is 3.68. The number of rotatable bonds is 0. The molecule has 0 aromatic heterocycles. The molecule has 0 N–H and O–H groups in total. The summed E-state index contributed by atoms with van der Waals surface area (Å²) < 4.78 is 1.16. The highest BCUT2D eigenvalue weighted by Gasteiger charge is 2.37. The van der Waals surface area contributed by atoms with Crippen LogP contribution in [0.5, 0.6) is 0 Å². The van der Waals surface area contributed by atoms with Crippen molar-refractivity contribution in [3.63, 3.8) is 0 Å². The van der Waals surface area contributed by atoms with Gasteiger partial charge in [-0.25, -0.2) is 0 Å². The third-order valence-corrected chi connectivity index (χ3v) is 3.71. The number of benzene rings is 1. The van der Waals surface area contributed by atoms with Gasteiger partial charge in [0.2, 0.25) is 0 Å². The first kappa shape index (κ1) is 11.9. The standard InChI is InChI=1S/C14H18N.BrH/c1-15(2)9-13-7-11-5-3-4-6-12(11)8-14(13)10-15;/h3-7,14H,8-10H2,1-2H3;1H/q+1;/p-1. The van der Waals surface area contributed by atoms with Crippen molar-refractivity contribution in [2.75, 3.05) is 27.2 Å². The van der Waals surface area contributed by atoms with Gasteiger partial charge in [0, 0.05) is 5.92 Å². The Hall–Kier alpha value is -0.600. The summed E-state index contributed by atoms with van der Waals surface area (Å²) in [5.74, 6) is 0.801. The maximum absolute atomic E-state index is 2.43. The molecule has 2 heteroatoms. The van der Waals surface area contributed by atoms with E-state index in [4.69, 9.17) is 0 Å². The van der Waals surface area contributed by atoms with E-state index in [0.29, 0.717) is 0 Å². The summed E-state index contributed by atoms with van der Waals surface area (Å²) in [7, 11) is 4.67. The van der Waals surface area contributed by atoms with Gasteiger partial charge in [0.15, 0.2) is 0 Å². The fraction of sp³-hybridized carbons (Fsp3) is 0.429. The molecule has 1 aromatic rings. The van der Waals surface area contributed by atoms with Crippen LogP contribution in [0.4, 0.5) is 0 Å². The maximum Gasteiger partial charge on any atom is 0.101 e. The first-order valence-corrected chi connectivity index (χ1v) is 5.74. The molecule has 1 unspecified atom stereocenters. The molecule has 0 spiro atoms. The third kappa shape index (κ3) is 1.96. The molecule has 16 heavy (non-hydrogen) atoms. The van der Waals surface area contributed by atoms with E-state index in [9.17, 15) is 0 Å². The molecular weight excluding hydrogens is 262 g/mol. The minimum Gasteiger partial charge on any atom is -1.00 e. The number of quaternary nitrogens is 1. The molecule has 1 nitrogen and oxygen atoms in total. The lowest BCUT2D eigenvalue weighted by molar-refractivity contribution is -0.877. The van der Waals surface area contributed by atoms with Gasteiger partial charge in [0.25, 0.3) is 0 Å². The number of likely N-dealkylation sites (N-methyl/N-ethyl adjacent to an activating group) is 1. The largest absolute Gasteiger partial charge is 1.00 e. The second-order valence-electron chi connectivity index (χ2n) is 5.60.